The number of carboxylic acids is 1. The second-order valence-electron chi connectivity index (χ2n) is 5.78. The van der Waals surface area contributed by atoms with Gasteiger partial charge in [0.2, 0.25) is 5.91 Å². The minimum atomic E-state index is -0.989. The molecule has 1 heterocycles. The summed E-state index contributed by atoms with van der Waals surface area (Å²) in [7, 11) is 0. The van der Waals surface area contributed by atoms with Crippen molar-refractivity contribution in [2.24, 2.45) is 5.92 Å². The van der Waals surface area contributed by atoms with E-state index >= 15 is 0 Å². The Morgan fingerprint density at radius 3 is 2.71 bits per heavy atom. The molecule has 1 aromatic carbocycles. The fourth-order valence-electron chi connectivity index (χ4n) is 2.68. The van der Waals surface area contributed by atoms with Crippen LogP contribution in [-0.4, -0.2) is 36.1 Å². The molecule has 2 rings (SSSR count). The SMILES string of the molecule is CC(C)C(NC(=O)CN1CCCc2ccccc21)C(=O)O. The van der Waals surface area contributed by atoms with Crippen molar-refractivity contribution in [3.05, 3.63) is 29.8 Å². The first kappa shape index (κ1) is 15.4. The number of carbonyl (C=O) groups is 2. The van der Waals surface area contributed by atoms with Gasteiger partial charge in [0.25, 0.3) is 0 Å². The van der Waals surface area contributed by atoms with Crippen LogP contribution in [0, 0.1) is 5.92 Å². The second-order valence-corrected chi connectivity index (χ2v) is 5.78. The van der Waals surface area contributed by atoms with Crippen molar-refractivity contribution in [2.45, 2.75) is 32.7 Å². The minimum absolute atomic E-state index is 0.139. The van der Waals surface area contributed by atoms with Crippen LogP contribution >= 0.6 is 0 Å². The average molecular weight is 290 g/mol. The Hall–Kier alpha value is -2.04. The molecule has 0 saturated heterocycles. The van der Waals surface area contributed by atoms with Gasteiger partial charge in [-0.2, -0.15) is 0 Å². The van der Waals surface area contributed by atoms with Crippen LogP contribution in [0.5, 0.6) is 0 Å². The van der Waals surface area contributed by atoms with E-state index in [0.717, 1.165) is 25.1 Å². The van der Waals surface area contributed by atoms with Gasteiger partial charge in [-0.1, -0.05) is 32.0 Å². The molecule has 0 aliphatic carbocycles. The lowest BCUT2D eigenvalue weighted by molar-refractivity contribution is -0.142. The largest absolute Gasteiger partial charge is 0.480 e. The summed E-state index contributed by atoms with van der Waals surface area (Å²) in [5.41, 5.74) is 2.32. The fraction of sp³-hybridized carbons (Fsp3) is 0.500. The zero-order valence-electron chi connectivity index (χ0n) is 12.5. The second kappa shape index (κ2) is 6.61. The number of nitrogens with one attached hydrogen (secondary N) is 1. The van der Waals surface area contributed by atoms with Crippen molar-refractivity contribution < 1.29 is 14.7 Å². The van der Waals surface area contributed by atoms with Crippen molar-refractivity contribution in [3.63, 3.8) is 0 Å². The topological polar surface area (TPSA) is 69.6 Å². The lowest BCUT2D eigenvalue weighted by atomic mass is 10.0. The smallest absolute Gasteiger partial charge is 0.326 e. The van der Waals surface area contributed by atoms with Crippen molar-refractivity contribution in [1.29, 1.82) is 0 Å². The summed E-state index contributed by atoms with van der Waals surface area (Å²) in [5, 5.41) is 11.7. The van der Waals surface area contributed by atoms with Gasteiger partial charge >= 0.3 is 5.97 Å². The van der Waals surface area contributed by atoms with Crippen molar-refractivity contribution in [1.82, 2.24) is 5.32 Å². The fourth-order valence-corrected chi connectivity index (χ4v) is 2.68. The molecule has 1 aliphatic heterocycles. The zero-order chi connectivity index (χ0) is 15.4. The lowest BCUT2D eigenvalue weighted by Crippen LogP contribution is -2.48. The van der Waals surface area contributed by atoms with E-state index in [0.29, 0.717) is 0 Å². The molecule has 1 aliphatic rings. The number of amides is 1. The number of benzene rings is 1. The van der Waals surface area contributed by atoms with Crippen LogP contribution in [-0.2, 0) is 16.0 Å². The van der Waals surface area contributed by atoms with Crippen molar-refractivity contribution >= 4 is 17.6 Å². The third kappa shape index (κ3) is 3.74. The van der Waals surface area contributed by atoms with Crippen LogP contribution in [0.2, 0.25) is 0 Å². The molecule has 21 heavy (non-hydrogen) atoms. The molecule has 1 aromatic rings. The molecule has 1 amide bonds. The van der Waals surface area contributed by atoms with E-state index in [1.165, 1.54) is 5.56 Å². The molecular weight excluding hydrogens is 268 g/mol. The highest BCUT2D eigenvalue weighted by molar-refractivity contribution is 5.86. The van der Waals surface area contributed by atoms with Gasteiger partial charge in [-0.25, -0.2) is 4.79 Å². The summed E-state index contributed by atoms with van der Waals surface area (Å²) in [6, 6.07) is 7.22. The van der Waals surface area contributed by atoms with E-state index in [4.69, 9.17) is 5.11 Å². The molecular formula is C16H22N2O3. The van der Waals surface area contributed by atoms with Crippen LogP contribution in [0.1, 0.15) is 25.8 Å². The summed E-state index contributed by atoms with van der Waals surface area (Å²) in [6.07, 6.45) is 2.04. The summed E-state index contributed by atoms with van der Waals surface area (Å²) in [4.78, 5) is 25.3. The first-order valence-corrected chi connectivity index (χ1v) is 7.34. The third-order valence-corrected chi connectivity index (χ3v) is 3.79. The Balaban J connectivity index is 2.02. The number of fused-ring (bicyclic) bond motifs is 1. The predicted octanol–water partition coefficient (Wildman–Crippen LogP) is 1.66. The summed E-state index contributed by atoms with van der Waals surface area (Å²) < 4.78 is 0. The van der Waals surface area contributed by atoms with E-state index in [9.17, 15) is 9.59 Å². The predicted molar refractivity (Wildman–Crippen MR) is 81.4 cm³/mol. The summed E-state index contributed by atoms with van der Waals surface area (Å²) in [5.74, 6) is -1.37. The molecule has 0 bridgehead atoms. The van der Waals surface area contributed by atoms with Gasteiger partial charge in [-0.05, 0) is 30.4 Å². The van der Waals surface area contributed by atoms with Gasteiger partial charge in [0.15, 0.2) is 0 Å². The molecule has 0 fully saturated rings. The van der Waals surface area contributed by atoms with E-state index in [1.807, 2.05) is 23.1 Å². The Bertz CT molecular complexity index is 528. The van der Waals surface area contributed by atoms with Crippen LogP contribution in [0.4, 0.5) is 5.69 Å². The number of carboxylic acid groups (broad SMARTS) is 1. The highest BCUT2D eigenvalue weighted by atomic mass is 16.4. The summed E-state index contributed by atoms with van der Waals surface area (Å²) in [6.45, 7) is 4.60. The number of nitrogens with zero attached hydrogens (tertiary/aromatic N) is 1. The first-order valence-electron chi connectivity index (χ1n) is 7.34. The van der Waals surface area contributed by atoms with E-state index < -0.39 is 12.0 Å². The van der Waals surface area contributed by atoms with Crippen LogP contribution < -0.4 is 10.2 Å². The first-order chi connectivity index (χ1) is 9.99. The van der Waals surface area contributed by atoms with E-state index in [1.54, 1.807) is 13.8 Å². The molecule has 2 N–H and O–H groups in total. The molecule has 114 valence electrons. The molecule has 0 aromatic heterocycles. The number of rotatable bonds is 5. The maximum atomic E-state index is 12.1. The van der Waals surface area contributed by atoms with E-state index in [2.05, 4.69) is 11.4 Å². The van der Waals surface area contributed by atoms with Gasteiger partial charge in [0.1, 0.15) is 6.04 Å². The molecule has 1 atom stereocenters. The van der Waals surface area contributed by atoms with Gasteiger partial charge < -0.3 is 15.3 Å². The normalized spacial score (nSPS) is 15.5. The Kier molecular flexibility index (Phi) is 4.83. The average Bonchev–Trinajstić information content (AvgIpc) is 2.44. The number of hydrogen-bond donors (Lipinski definition) is 2. The summed E-state index contributed by atoms with van der Waals surface area (Å²) >= 11 is 0. The van der Waals surface area contributed by atoms with Crippen LogP contribution in [0.25, 0.3) is 0 Å². The standard InChI is InChI=1S/C16H22N2O3/c1-11(2)15(16(20)21)17-14(19)10-18-9-5-7-12-6-3-4-8-13(12)18/h3-4,6,8,11,15H,5,7,9-10H2,1-2H3,(H,17,19)(H,20,21). The van der Waals surface area contributed by atoms with Gasteiger partial charge in [0.05, 0.1) is 6.54 Å². The maximum Gasteiger partial charge on any atom is 0.326 e. The quantitative estimate of drug-likeness (QED) is 0.865. The highest BCUT2D eigenvalue weighted by Gasteiger charge is 2.25. The van der Waals surface area contributed by atoms with Gasteiger partial charge in [-0.3, -0.25) is 4.79 Å². The molecule has 0 radical (unpaired) electrons. The van der Waals surface area contributed by atoms with Crippen molar-refractivity contribution in [3.8, 4) is 0 Å². The highest BCUT2D eigenvalue weighted by Crippen LogP contribution is 2.26. The number of aryl methyl sites for hydroxylation is 1. The van der Waals surface area contributed by atoms with Crippen LogP contribution in [0.3, 0.4) is 0 Å². The van der Waals surface area contributed by atoms with Crippen molar-refractivity contribution in [2.75, 3.05) is 18.0 Å². The van der Waals surface area contributed by atoms with Gasteiger partial charge in [-0.15, -0.1) is 0 Å². The minimum Gasteiger partial charge on any atom is -0.480 e. The molecule has 1 unspecified atom stereocenters. The Labute approximate surface area is 125 Å². The number of para-hydroxylation sites is 1. The zero-order valence-corrected chi connectivity index (χ0v) is 12.5. The molecule has 5 nitrogen and oxygen atoms in total. The van der Waals surface area contributed by atoms with Crippen LogP contribution in [0.15, 0.2) is 24.3 Å². The number of hydrogen-bond acceptors (Lipinski definition) is 3. The number of carbonyl (C=O) groups excluding carboxylic acids is 1. The van der Waals surface area contributed by atoms with E-state index in [-0.39, 0.29) is 18.4 Å². The maximum absolute atomic E-state index is 12.1. The third-order valence-electron chi connectivity index (χ3n) is 3.79. The monoisotopic (exact) mass is 290 g/mol. The lowest BCUT2D eigenvalue weighted by Gasteiger charge is -2.31. The Morgan fingerprint density at radius 1 is 1.33 bits per heavy atom. The molecule has 5 heteroatoms. The molecule has 0 spiro atoms. The number of aliphatic carboxylic acids is 1. The van der Waals surface area contributed by atoms with Gasteiger partial charge in [0, 0.05) is 12.2 Å². The molecule has 0 saturated carbocycles. The Morgan fingerprint density at radius 2 is 2.05 bits per heavy atom. The number of anilines is 1.